The molecule has 100 valence electrons. The maximum absolute atomic E-state index is 4.40. The van der Waals surface area contributed by atoms with E-state index in [1.807, 2.05) is 18.8 Å². The molecule has 0 aromatic heterocycles. The van der Waals surface area contributed by atoms with Crippen molar-refractivity contribution in [2.75, 3.05) is 32.9 Å². The molecule has 0 bridgehead atoms. The quantitative estimate of drug-likeness (QED) is 0.621. The van der Waals surface area contributed by atoms with Crippen LogP contribution in [0.25, 0.3) is 0 Å². The van der Waals surface area contributed by atoms with Crippen LogP contribution in [0, 0.1) is 5.41 Å². The summed E-state index contributed by atoms with van der Waals surface area (Å²) >= 11 is 1.89. The van der Waals surface area contributed by atoms with Gasteiger partial charge in [0.05, 0.1) is 0 Å². The van der Waals surface area contributed by atoms with Gasteiger partial charge in [-0.1, -0.05) is 13.8 Å². The Morgan fingerprint density at radius 3 is 2.53 bits per heavy atom. The second-order valence-corrected chi connectivity index (χ2v) is 7.71. The lowest BCUT2D eigenvalue weighted by molar-refractivity contribution is 0.369. The van der Waals surface area contributed by atoms with Gasteiger partial charge in [0.2, 0.25) is 0 Å². The minimum Gasteiger partial charge on any atom is -0.355 e. The maximum Gasteiger partial charge on any atom is 0.193 e. The van der Waals surface area contributed by atoms with Crippen LogP contribution in [0.3, 0.4) is 0 Å². The number of aliphatic imine (C=N–C) groups is 1. The fourth-order valence-electron chi connectivity index (χ4n) is 1.99. The highest BCUT2D eigenvalue weighted by Gasteiger charge is 2.31. The van der Waals surface area contributed by atoms with Crippen molar-refractivity contribution in [2.45, 2.75) is 38.9 Å². The average molecular weight is 257 g/mol. The molecule has 1 saturated heterocycles. The summed E-state index contributed by atoms with van der Waals surface area (Å²) < 4.78 is 0.255. The van der Waals surface area contributed by atoms with Crippen molar-refractivity contribution in [3.63, 3.8) is 0 Å². The van der Waals surface area contributed by atoms with E-state index >= 15 is 0 Å². The van der Waals surface area contributed by atoms with Crippen LogP contribution in [0.4, 0.5) is 0 Å². The van der Waals surface area contributed by atoms with Gasteiger partial charge in [0.15, 0.2) is 5.96 Å². The van der Waals surface area contributed by atoms with Crippen LogP contribution in [-0.2, 0) is 0 Å². The van der Waals surface area contributed by atoms with Crippen molar-refractivity contribution in [3.05, 3.63) is 0 Å². The van der Waals surface area contributed by atoms with E-state index in [-0.39, 0.29) is 4.75 Å². The minimum absolute atomic E-state index is 0.255. The van der Waals surface area contributed by atoms with Crippen molar-refractivity contribution in [1.82, 2.24) is 10.2 Å². The topological polar surface area (TPSA) is 27.6 Å². The maximum atomic E-state index is 4.40. The van der Waals surface area contributed by atoms with Gasteiger partial charge in [0.25, 0.3) is 0 Å². The van der Waals surface area contributed by atoms with Crippen molar-refractivity contribution in [2.24, 2.45) is 10.4 Å². The van der Waals surface area contributed by atoms with E-state index in [9.17, 15) is 0 Å². The van der Waals surface area contributed by atoms with Gasteiger partial charge in [0, 0.05) is 31.4 Å². The van der Waals surface area contributed by atoms with Gasteiger partial charge in [-0.05, 0) is 31.9 Å². The molecule has 1 rings (SSSR count). The molecule has 1 heterocycles. The number of thioether (sulfide) groups is 1. The normalized spacial score (nSPS) is 20.8. The Morgan fingerprint density at radius 2 is 2.12 bits per heavy atom. The molecule has 1 aliphatic rings. The fourth-order valence-corrected chi connectivity index (χ4v) is 2.21. The predicted molar refractivity (Wildman–Crippen MR) is 78.9 cm³/mol. The summed E-state index contributed by atoms with van der Waals surface area (Å²) in [5, 5.41) is 3.50. The van der Waals surface area contributed by atoms with Crippen molar-refractivity contribution >= 4 is 17.7 Å². The van der Waals surface area contributed by atoms with Crippen LogP contribution < -0.4 is 5.32 Å². The summed E-state index contributed by atoms with van der Waals surface area (Å²) in [5.41, 5.74) is 0.423. The molecule has 0 amide bonds. The molecule has 0 saturated carbocycles. The number of rotatable bonds is 3. The number of nitrogens with one attached hydrogen (secondary N) is 1. The molecule has 1 N–H and O–H groups in total. The van der Waals surface area contributed by atoms with E-state index in [4.69, 9.17) is 0 Å². The third-order valence-electron chi connectivity index (χ3n) is 3.41. The summed E-state index contributed by atoms with van der Waals surface area (Å²) in [6.45, 7) is 12.3. The van der Waals surface area contributed by atoms with Gasteiger partial charge in [-0.3, -0.25) is 4.99 Å². The molecule has 1 aliphatic heterocycles. The van der Waals surface area contributed by atoms with Crippen LogP contribution in [0.15, 0.2) is 4.99 Å². The highest BCUT2D eigenvalue weighted by Crippen LogP contribution is 2.28. The summed E-state index contributed by atoms with van der Waals surface area (Å²) in [7, 11) is 1.87. The zero-order valence-electron chi connectivity index (χ0n) is 12.1. The smallest absolute Gasteiger partial charge is 0.193 e. The third-order valence-corrected chi connectivity index (χ3v) is 4.66. The molecule has 0 spiro atoms. The first kappa shape index (κ1) is 14.7. The lowest BCUT2D eigenvalue weighted by atomic mass is 9.93. The first-order chi connectivity index (χ1) is 7.79. The molecule has 0 unspecified atom stereocenters. The second-order valence-electron chi connectivity index (χ2n) is 6.20. The Bertz CT molecular complexity index is 284. The zero-order chi connectivity index (χ0) is 13.1. The van der Waals surface area contributed by atoms with E-state index < -0.39 is 0 Å². The second kappa shape index (κ2) is 5.51. The Hall–Kier alpha value is -0.380. The van der Waals surface area contributed by atoms with Crippen LogP contribution in [0.1, 0.15) is 34.1 Å². The third kappa shape index (κ3) is 4.41. The Kier molecular flexibility index (Phi) is 4.76. The molecule has 1 fully saturated rings. The molecular formula is C13H27N3S. The van der Waals surface area contributed by atoms with Crippen LogP contribution in [0.2, 0.25) is 0 Å². The molecule has 0 aromatic rings. The van der Waals surface area contributed by atoms with Gasteiger partial charge in [-0.2, -0.15) is 11.8 Å². The van der Waals surface area contributed by atoms with E-state index in [2.05, 4.69) is 49.2 Å². The Morgan fingerprint density at radius 1 is 1.47 bits per heavy atom. The minimum atomic E-state index is 0.255. The lowest BCUT2D eigenvalue weighted by Gasteiger charge is -2.28. The average Bonchev–Trinajstić information content (AvgIpc) is 2.60. The molecule has 0 radical (unpaired) electrons. The number of nitrogens with zero attached hydrogens (tertiary/aromatic N) is 2. The fraction of sp³-hybridized carbons (Fsp3) is 0.923. The summed E-state index contributed by atoms with van der Waals surface area (Å²) in [6.07, 6.45) is 3.41. The van der Waals surface area contributed by atoms with Crippen LogP contribution in [0.5, 0.6) is 0 Å². The molecule has 0 atom stereocenters. The molecule has 0 aromatic carbocycles. The molecule has 4 heteroatoms. The van der Waals surface area contributed by atoms with Gasteiger partial charge in [0.1, 0.15) is 0 Å². The lowest BCUT2D eigenvalue weighted by Crippen LogP contribution is -2.45. The Balaban J connectivity index is 2.51. The van der Waals surface area contributed by atoms with E-state index in [1.54, 1.807) is 0 Å². The van der Waals surface area contributed by atoms with E-state index in [1.165, 1.54) is 6.42 Å². The molecule has 17 heavy (non-hydrogen) atoms. The predicted octanol–water partition coefficient (Wildman–Crippen LogP) is 2.44. The molecule has 3 nitrogen and oxygen atoms in total. The highest BCUT2D eigenvalue weighted by molar-refractivity contribution is 7.99. The van der Waals surface area contributed by atoms with Crippen LogP contribution >= 0.6 is 11.8 Å². The van der Waals surface area contributed by atoms with E-state index in [0.29, 0.717) is 5.41 Å². The monoisotopic (exact) mass is 257 g/mol. The number of hydrogen-bond donors (Lipinski definition) is 1. The van der Waals surface area contributed by atoms with Crippen molar-refractivity contribution in [1.29, 1.82) is 0 Å². The number of likely N-dealkylation sites (tertiary alicyclic amines) is 1. The largest absolute Gasteiger partial charge is 0.355 e. The summed E-state index contributed by atoms with van der Waals surface area (Å²) in [5.74, 6) is 1.05. The van der Waals surface area contributed by atoms with Crippen LogP contribution in [-0.4, -0.2) is 48.5 Å². The molecular weight excluding hydrogens is 230 g/mol. The van der Waals surface area contributed by atoms with Gasteiger partial charge in [-0.25, -0.2) is 0 Å². The zero-order valence-corrected chi connectivity index (χ0v) is 12.9. The van der Waals surface area contributed by atoms with Crippen molar-refractivity contribution in [3.8, 4) is 0 Å². The standard InChI is InChI=1S/C13H27N3S/c1-12(2)7-8-16(10-12)11(14-5)15-9-13(3,4)17-6/h7-10H2,1-6H3,(H,14,15). The number of hydrogen-bond acceptors (Lipinski definition) is 2. The molecule has 0 aliphatic carbocycles. The first-order valence-electron chi connectivity index (χ1n) is 6.30. The van der Waals surface area contributed by atoms with E-state index in [0.717, 1.165) is 25.6 Å². The SMILES string of the molecule is CN=C(NCC(C)(C)SC)N1CCC(C)(C)C1. The summed E-state index contributed by atoms with van der Waals surface area (Å²) in [4.78, 5) is 6.77. The number of guanidine groups is 1. The van der Waals surface area contributed by atoms with Crippen molar-refractivity contribution < 1.29 is 0 Å². The first-order valence-corrected chi connectivity index (χ1v) is 7.53. The van der Waals surface area contributed by atoms with Gasteiger partial charge >= 0.3 is 0 Å². The summed E-state index contributed by atoms with van der Waals surface area (Å²) in [6, 6.07) is 0. The van der Waals surface area contributed by atoms with Gasteiger partial charge < -0.3 is 10.2 Å². The highest BCUT2D eigenvalue weighted by atomic mass is 32.2. The Labute approximate surface area is 110 Å². The van der Waals surface area contributed by atoms with Gasteiger partial charge in [-0.15, -0.1) is 0 Å².